The lowest BCUT2D eigenvalue weighted by atomic mass is 10.00. The summed E-state index contributed by atoms with van der Waals surface area (Å²) in [6.07, 6.45) is 5.63. The van der Waals surface area contributed by atoms with Crippen molar-refractivity contribution in [2.24, 2.45) is 11.8 Å². The van der Waals surface area contributed by atoms with E-state index in [-0.39, 0.29) is 23.6 Å². The number of piperidine rings is 1. The molecule has 1 atom stereocenters. The van der Waals surface area contributed by atoms with E-state index in [9.17, 15) is 9.59 Å². The van der Waals surface area contributed by atoms with Gasteiger partial charge in [-0.2, -0.15) is 0 Å². The van der Waals surface area contributed by atoms with Gasteiger partial charge in [-0.25, -0.2) is 9.78 Å². The van der Waals surface area contributed by atoms with Crippen molar-refractivity contribution in [2.45, 2.75) is 45.6 Å². The van der Waals surface area contributed by atoms with Crippen molar-refractivity contribution in [1.29, 1.82) is 0 Å². The third kappa shape index (κ3) is 3.25. The fraction of sp³-hybridized carbons (Fsp3) is 0.706. The zero-order valence-corrected chi connectivity index (χ0v) is 14.4. The maximum Gasteiger partial charge on any atom is 0.360 e. The van der Waals surface area contributed by atoms with Crippen LogP contribution in [0.15, 0.2) is 6.33 Å². The maximum atomic E-state index is 12.5. The highest BCUT2D eigenvalue weighted by molar-refractivity contribution is 5.92. The lowest BCUT2D eigenvalue weighted by Crippen LogP contribution is -2.42. The summed E-state index contributed by atoms with van der Waals surface area (Å²) < 4.78 is 6.81. The molecule has 7 heteroatoms. The molecule has 1 amide bonds. The molecule has 1 saturated heterocycles. The SMILES string of the molecule is CCOC(=O)c1ncn(C2CCN(C(=O)C(C)C3CC3)CC2)c1N. The number of hydrogen-bond donors (Lipinski definition) is 1. The molecular weight excluding hydrogens is 308 g/mol. The second kappa shape index (κ2) is 6.83. The molecule has 0 spiro atoms. The van der Waals surface area contributed by atoms with Crippen LogP contribution in [0.5, 0.6) is 0 Å². The third-order valence-electron chi connectivity index (χ3n) is 5.19. The monoisotopic (exact) mass is 334 g/mol. The van der Waals surface area contributed by atoms with E-state index in [0.717, 1.165) is 25.9 Å². The smallest absolute Gasteiger partial charge is 0.360 e. The summed E-state index contributed by atoms with van der Waals surface area (Å²) in [5, 5.41) is 0. The molecule has 2 heterocycles. The van der Waals surface area contributed by atoms with Gasteiger partial charge in [0.1, 0.15) is 5.82 Å². The fourth-order valence-electron chi connectivity index (χ4n) is 3.47. The molecular formula is C17H26N4O3. The molecule has 2 N–H and O–H groups in total. The molecule has 0 radical (unpaired) electrons. The molecule has 7 nitrogen and oxygen atoms in total. The van der Waals surface area contributed by atoms with Gasteiger partial charge < -0.3 is 19.9 Å². The van der Waals surface area contributed by atoms with Crippen molar-refractivity contribution in [1.82, 2.24) is 14.5 Å². The number of imidazole rings is 1. The van der Waals surface area contributed by atoms with Gasteiger partial charge in [-0.1, -0.05) is 6.92 Å². The van der Waals surface area contributed by atoms with Crippen molar-refractivity contribution in [2.75, 3.05) is 25.4 Å². The lowest BCUT2D eigenvalue weighted by molar-refractivity contribution is -0.136. The van der Waals surface area contributed by atoms with E-state index in [1.165, 1.54) is 12.8 Å². The third-order valence-corrected chi connectivity index (χ3v) is 5.19. The minimum atomic E-state index is -0.486. The van der Waals surface area contributed by atoms with Crippen molar-refractivity contribution in [3.63, 3.8) is 0 Å². The van der Waals surface area contributed by atoms with Crippen LogP contribution in [0.2, 0.25) is 0 Å². The molecule has 1 aliphatic carbocycles. The van der Waals surface area contributed by atoms with Crippen molar-refractivity contribution in [3.8, 4) is 0 Å². The second-order valence-electron chi connectivity index (χ2n) is 6.79. The highest BCUT2D eigenvalue weighted by atomic mass is 16.5. The van der Waals surface area contributed by atoms with Crippen molar-refractivity contribution >= 4 is 17.7 Å². The summed E-state index contributed by atoms with van der Waals surface area (Å²) >= 11 is 0. The maximum absolute atomic E-state index is 12.5. The van der Waals surface area contributed by atoms with Gasteiger partial charge in [-0.05, 0) is 38.5 Å². The predicted molar refractivity (Wildman–Crippen MR) is 89.3 cm³/mol. The number of amides is 1. The Bertz CT molecular complexity index is 615. The molecule has 2 aliphatic rings. The van der Waals surface area contributed by atoms with Gasteiger partial charge in [-0.15, -0.1) is 0 Å². The highest BCUT2D eigenvalue weighted by Gasteiger charge is 2.36. The van der Waals surface area contributed by atoms with E-state index in [1.54, 1.807) is 13.3 Å². The van der Waals surface area contributed by atoms with E-state index < -0.39 is 5.97 Å². The van der Waals surface area contributed by atoms with Gasteiger partial charge in [0.15, 0.2) is 5.69 Å². The average molecular weight is 334 g/mol. The number of nitrogen functional groups attached to an aromatic ring is 1. The summed E-state index contributed by atoms with van der Waals surface area (Å²) in [6, 6.07) is 0.168. The van der Waals surface area contributed by atoms with Crippen LogP contribution in [-0.2, 0) is 9.53 Å². The standard InChI is InChI=1S/C17H26N4O3/c1-3-24-17(23)14-15(18)21(10-19-14)13-6-8-20(9-7-13)16(22)11(2)12-4-5-12/h10-13H,3-9,18H2,1-2H3. The molecule has 132 valence electrons. The number of likely N-dealkylation sites (tertiary alicyclic amines) is 1. The first-order valence-electron chi connectivity index (χ1n) is 8.81. The molecule has 1 aromatic heterocycles. The highest BCUT2D eigenvalue weighted by Crippen LogP contribution is 2.38. The number of carbonyl (C=O) groups excluding carboxylic acids is 2. The van der Waals surface area contributed by atoms with Gasteiger partial charge in [0.05, 0.1) is 12.9 Å². The molecule has 3 rings (SSSR count). The van der Waals surface area contributed by atoms with Gasteiger partial charge >= 0.3 is 5.97 Å². The molecule has 1 aliphatic heterocycles. The fourth-order valence-corrected chi connectivity index (χ4v) is 3.47. The number of hydrogen-bond acceptors (Lipinski definition) is 5. The van der Waals surface area contributed by atoms with E-state index in [4.69, 9.17) is 10.5 Å². The van der Waals surface area contributed by atoms with Crippen LogP contribution in [0, 0.1) is 11.8 Å². The number of esters is 1. The number of anilines is 1. The Hall–Kier alpha value is -2.05. The molecule has 0 aromatic carbocycles. The van der Waals surface area contributed by atoms with Crippen LogP contribution >= 0.6 is 0 Å². The number of nitrogens with two attached hydrogens (primary N) is 1. The minimum Gasteiger partial charge on any atom is -0.461 e. The Morgan fingerprint density at radius 2 is 2.00 bits per heavy atom. The number of carbonyl (C=O) groups is 2. The Kier molecular flexibility index (Phi) is 4.78. The number of nitrogens with zero attached hydrogens (tertiary/aromatic N) is 3. The van der Waals surface area contributed by atoms with Crippen LogP contribution in [-0.4, -0.2) is 46.0 Å². The first kappa shape index (κ1) is 16.8. The molecule has 2 fully saturated rings. The number of rotatable bonds is 5. The predicted octanol–water partition coefficient (Wildman–Crippen LogP) is 1.85. The summed E-state index contributed by atoms with van der Waals surface area (Å²) in [5.41, 5.74) is 6.25. The molecule has 0 bridgehead atoms. The van der Waals surface area contributed by atoms with Crippen molar-refractivity contribution < 1.29 is 14.3 Å². The Morgan fingerprint density at radius 1 is 1.33 bits per heavy atom. The largest absolute Gasteiger partial charge is 0.461 e. The van der Waals surface area contributed by atoms with Gasteiger partial charge in [0.25, 0.3) is 0 Å². The van der Waals surface area contributed by atoms with Gasteiger partial charge in [0, 0.05) is 25.0 Å². The summed E-state index contributed by atoms with van der Waals surface area (Å²) in [5.74, 6) is 0.882. The summed E-state index contributed by atoms with van der Waals surface area (Å²) in [4.78, 5) is 30.4. The van der Waals surface area contributed by atoms with E-state index in [1.807, 2.05) is 16.4 Å². The lowest BCUT2D eigenvalue weighted by Gasteiger charge is -2.34. The Balaban J connectivity index is 1.60. The Morgan fingerprint density at radius 3 is 2.58 bits per heavy atom. The van der Waals surface area contributed by atoms with E-state index in [2.05, 4.69) is 4.98 Å². The zero-order valence-electron chi connectivity index (χ0n) is 14.4. The van der Waals surface area contributed by atoms with Crippen LogP contribution in [0.3, 0.4) is 0 Å². The first-order valence-corrected chi connectivity index (χ1v) is 8.81. The van der Waals surface area contributed by atoms with Crippen LogP contribution in [0.25, 0.3) is 0 Å². The molecule has 1 saturated carbocycles. The number of ether oxygens (including phenoxy) is 1. The average Bonchev–Trinajstić information content (AvgIpc) is 3.36. The van der Waals surface area contributed by atoms with Crippen molar-refractivity contribution in [3.05, 3.63) is 12.0 Å². The van der Waals surface area contributed by atoms with E-state index in [0.29, 0.717) is 18.3 Å². The van der Waals surface area contributed by atoms with Crippen LogP contribution < -0.4 is 5.73 Å². The van der Waals surface area contributed by atoms with Gasteiger partial charge in [0.2, 0.25) is 5.91 Å². The van der Waals surface area contributed by atoms with E-state index >= 15 is 0 Å². The second-order valence-corrected chi connectivity index (χ2v) is 6.79. The summed E-state index contributed by atoms with van der Waals surface area (Å²) in [7, 11) is 0. The molecule has 24 heavy (non-hydrogen) atoms. The first-order chi connectivity index (χ1) is 11.5. The summed E-state index contributed by atoms with van der Waals surface area (Å²) in [6.45, 7) is 5.55. The quantitative estimate of drug-likeness (QED) is 0.830. The van der Waals surface area contributed by atoms with Gasteiger partial charge in [-0.3, -0.25) is 4.79 Å². The van der Waals surface area contributed by atoms with Crippen LogP contribution in [0.1, 0.15) is 56.1 Å². The number of aromatic nitrogens is 2. The topological polar surface area (TPSA) is 90.5 Å². The normalized spacial score (nSPS) is 20.0. The zero-order chi connectivity index (χ0) is 17.3. The van der Waals surface area contributed by atoms with Crippen LogP contribution in [0.4, 0.5) is 5.82 Å². The minimum absolute atomic E-state index is 0.148. The molecule has 1 aromatic rings. The Labute approximate surface area is 142 Å². The molecule has 1 unspecified atom stereocenters.